The van der Waals surface area contributed by atoms with Gasteiger partial charge in [-0.2, -0.15) is 0 Å². The van der Waals surface area contributed by atoms with Gasteiger partial charge in [0.15, 0.2) is 0 Å². The Hall–Kier alpha value is -2.08. The predicted molar refractivity (Wildman–Crippen MR) is 92.1 cm³/mol. The molecule has 2 amide bonds. The van der Waals surface area contributed by atoms with Gasteiger partial charge in [0, 0.05) is 6.54 Å². The number of nitrogens with one attached hydrogen (secondary N) is 2. The normalized spacial score (nSPS) is 19.6. The molecule has 132 valence electrons. The lowest BCUT2D eigenvalue weighted by Gasteiger charge is -2.27. The molecular weight excluding hydrogens is 306 g/mol. The van der Waals surface area contributed by atoms with E-state index < -0.39 is 11.7 Å². The van der Waals surface area contributed by atoms with Gasteiger partial charge in [0.05, 0.1) is 6.04 Å². The molecular formula is C18H27N3O3. The maximum Gasteiger partial charge on any atom is 0.422 e. The van der Waals surface area contributed by atoms with E-state index in [0.717, 1.165) is 12.0 Å². The molecule has 0 unspecified atom stereocenters. The number of hydrogen-bond donors (Lipinski definition) is 2. The van der Waals surface area contributed by atoms with E-state index in [2.05, 4.69) is 10.7 Å². The van der Waals surface area contributed by atoms with Crippen LogP contribution in [-0.2, 0) is 9.53 Å². The summed E-state index contributed by atoms with van der Waals surface area (Å²) in [6.07, 6.45) is 1.04. The van der Waals surface area contributed by atoms with Crippen molar-refractivity contribution >= 4 is 12.0 Å². The lowest BCUT2D eigenvalue weighted by molar-refractivity contribution is -0.127. The van der Waals surface area contributed by atoms with Gasteiger partial charge >= 0.3 is 6.09 Å². The number of ether oxygens (including phenoxy) is 1. The number of hydrazine groups is 1. The average molecular weight is 333 g/mol. The van der Waals surface area contributed by atoms with Crippen LogP contribution in [0.25, 0.3) is 0 Å². The van der Waals surface area contributed by atoms with Crippen LogP contribution < -0.4 is 10.7 Å². The zero-order chi connectivity index (χ0) is 17.7. The van der Waals surface area contributed by atoms with E-state index in [0.29, 0.717) is 13.0 Å². The van der Waals surface area contributed by atoms with Crippen LogP contribution in [0.2, 0.25) is 0 Å². The van der Waals surface area contributed by atoms with E-state index in [1.165, 1.54) is 0 Å². The van der Waals surface area contributed by atoms with Crippen LogP contribution in [0.5, 0.6) is 0 Å². The second kappa shape index (κ2) is 7.66. The summed E-state index contributed by atoms with van der Waals surface area (Å²) in [7, 11) is 0. The maximum atomic E-state index is 12.6. The van der Waals surface area contributed by atoms with Gasteiger partial charge < -0.3 is 10.1 Å². The van der Waals surface area contributed by atoms with E-state index in [1.54, 1.807) is 5.01 Å². The summed E-state index contributed by atoms with van der Waals surface area (Å²) in [5, 5.41) is 4.68. The molecule has 1 aliphatic rings. The molecule has 24 heavy (non-hydrogen) atoms. The second-order valence-corrected chi connectivity index (χ2v) is 7.11. The Balaban J connectivity index is 1.92. The fraction of sp³-hybridized carbons (Fsp3) is 0.556. The first-order chi connectivity index (χ1) is 11.3. The zero-order valence-electron chi connectivity index (χ0n) is 14.8. The molecule has 0 aliphatic carbocycles. The summed E-state index contributed by atoms with van der Waals surface area (Å²) < 4.78 is 5.25. The van der Waals surface area contributed by atoms with Gasteiger partial charge in [-0.15, -0.1) is 0 Å². The molecule has 0 spiro atoms. The molecule has 1 aliphatic heterocycles. The number of nitrogens with zero attached hydrogens (tertiary/aromatic N) is 1. The van der Waals surface area contributed by atoms with E-state index in [4.69, 9.17) is 4.74 Å². The minimum absolute atomic E-state index is 0.0809. The Morgan fingerprint density at radius 1 is 1.25 bits per heavy atom. The minimum Gasteiger partial charge on any atom is -0.443 e. The Kier molecular flexibility index (Phi) is 5.83. The molecule has 2 rings (SSSR count). The first kappa shape index (κ1) is 18.3. The number of carbonyl (C=O) groups excluding carboxylic acids is 2. The van der Waals surface area contributed by atoms with Crippen molar-refractivity contribution in [1.82, 2.24) is 15.8 Å². The molecule has 2 N–H and O–H groups in total. The molecule has 0 radical (unpaired) electrons. The van der Waals surface area contributed by atoms with Gasteiger partial charge in [-0.25, -0.2) is 9.80 Å². The van der Waals surface area contributed by atoms with Crippen LogP contribution in [-0.4, -0.2) is 35.2 Å². The van der Waals surface area contributed by atoms with Gasteiger partial charge in [0.2, 0.25) is 5.91 Å². The van der Waals surface area contributed by atoms with Crippen LogP contribution in [0, 0.1) is 0 Å². The molecule has 0 saturated carbocycles. The third-order valence-corrected chi connectivity index (χ3v) is 3.85. The molecule has 0 aromatic heterocycles. The van der Waals surface area contributed by atoms with Gasteiger partial charge in [-0.1, -0.05) is 30.3 Å². The average Bonchev–Trinajstić information content (AvgIpc) is 2.94. The molecule has 1 fully saturated rings. The molecule has 6 heteroatoms. The van der Waals surface area contributed by atoms with Crippen molar-refractivity contribution in [3.63, 3.8) is 0 Å². The second-order valence-electron chi connectivity index (χ2n) is 7.11. The maximum absolute atomic E-state index is 12.6. The predicted octanol–water partition coefficient (Wildman–Crippen LogP) is 2.77. The highest BCUT2D eigenvalue weighted by atomic mass is 16.6. The van der Waals surface area contributed by atoms with Crippen molar-refractivity contribution in [2.24, 2.45) is 0 Å². The molecule has 1 heterocycles. The number of rotatable bonds is 4. The summed E-state index contributed by atoms with van der Waals surface area (Å²) in [4.78, 5) is 24.5. The van der Waals surface area contributed by atoms with Crippen molar-refractivity contribution in [1.29, 1.82) is 0 Å². The fourth-order valence-corrected chi connectivity index (χ4v) is 2.73. The van der Waals surface area contributed by atoms with Crippen molar-refractivity contribution in [2.75, 3.05) is 6.54 Å². The fourth-order valence-electron chi connectivity index (χ4n) is 2.73. The lowest BCUT2D eigenvalue weighted by Crippen LogP contribution is -2.52. The van der Waals surface area contributed by atoms with Gasteiger partial charge in [0.1, 0.15) is 11.6 Å². The summed E-state index contributed by atoms with van der Waals surface area (Å²) in [6.45, 7) is 8.01. The Bertz CT molecular complexity index is 569. The molecule has 0 bridgehead atoms. The smallest absolute Gasteiger partial charge is 0.422 e. The molecule has 6 nitrogen and oxygen atoms in total. The first-order valence-electron chi connectivity index (χ1n) is 8.38. The Morgan fingerprint density at radius 3 is 2.54 bits per heavy atom. The van der Waals surface area contributed by atoms with Crippen LogP contribution in [0.15, 0.2) is 30.3 Å². The van der Waals surface area contributed by atoms with E-state index in [1.807, 2.05) is 58.0 Å². The summed E-state index contributed by atoms with van der Waals surface area (Å²) in [6, 6.07) is 9.36. The van der Waals surface area contributed by atoms with Crippen LogP contribution in [0.4, 0.5) is 4.79 Å². The first-order valence-corrected chi connectivity index (χ1v) is 8.38. The molecule has 2 atom stereocenters. The Labute approximate surface area is 143 Å². The summed E-state index contributed by atoms with van der Waals surface area (Å²) in [5.41, 5.74) is 3.18. The van der Waals surface area contributed by atoms with E-state index in [-0.39, 0.29) is 18.0 Å². The monoisotopic (exact) mass is 333 g/mol. The summed E-state index contributed by atoms with van der Waals surface area (Å²) >= 11 is 0. The minimum atomic E-state index is -0.566. The van der Waals surface area contributed by atoms with E-state index >= 15 is 0 Å². The number of amides is 2. The number of hydrogen-bond acceptors (Lipinski definition) is 4. The van der Waals surface area contributed by atoms with Crippen LogP contribution >= 0.6 is 0 Å². The SMILES string of the molecule is C[C@H](NC(=O)[C@H]1CCCN1NC(=O)OC(C)(C)C)c1ccccc1. The lowest BCUT2D eigenvalue weighted by atomic mass is 10.1. The number of carbonyl (C=O) groups is 2. The highest BCUT2D eigenvalue weighted by Gasteiger charge is 2.33. The van der Waals surface area contributed by atoms with Crippen molar-refractivity contribution in [2.45, 2.75) is 58.2 Å². The Morgan fingerprint density at radius 2 is 1.92 bits per heavy atom. The highest BCUT2D eigenvalue weighted by molar-refractivity contribution is 5.82. The van der Waals surface area contributed by atoms with Crippen LogP contribution in [0.1, 0.15) is 52.1 Å². The molecule has 1 saturated heterocycles. The standard InChI is InChI=1S/C18H27N3O3/c1-13(14-9-6-5-7-10-14)19-16(22)15-11-8-12-21(15)20-17(23)24-18(2,3)4/h5-7,9-10,13,15H,8,11-12H2,1-4H3,(H,19,22)(H,20,23)/t13-,15+/m0/s1. The number of benzene rings is 1. The molecule has 1 aromatic carbocycles. The van der Waals surface area contributed by atoms with Crippen molar-refractivity contribution in [3.8, 4) is 0 Å². The highest BCUT2D eigenvalue weighted by Crippen LogP contribution is 2.18. The summed E-state index contributed by atoms with van der Waals surface area (Å²) in [5.74, 6) is -0.0834. The van der Waals surface area contributed by atoms with E-state index in [9.17, 15) is 9.59 Å². The van der Waals surface area contributed by atoms with Crippen molar-refractivity contribution < 1.29 is 14.3 Å². The molecule has 1 aromatic rings. The van der Waals surface area contributed by atoms with Gasteiger partial charge in [0.25, 0.3) is 0 Å². The van der Waals surface area contributed by atoms with Crippen molar-refractivity contribution in [3.05, 3.63) is 35.9 Å². The largest absolute Gasteiger partial charge is 0.443 e. The zero-order valence-corrected chi connectivity index (χ0v) is 14.8. The third kappa shape index (κ3) is 5.23. The van der Waals surface area contributed by atoms with Gasteiger partial charge in [-0.05, 0) is 46.1 Å². The third-order valence-electron chi connectivity index (χ3n) is 3.85. The van der Waals surface area contributed by atoms with Crippen LogP contribution in [0.3, 0.4) is 0 Å². The quantitative estimate of drug-likeness (QED) is 0.889. The topological polar surface area (TPSA) is 70.7 Å². The van der Waals surface area contributed by atoms with Gasteiger partial charge in [-0.3, -0.25) is 10.2 Å².